The van der Waals surface area contributed by atoms with Crippen LogP contribution in [-0.2, 0) is 4.79 Å². The Labute approximate surface area is 154 Å². The van der Waals surface area contributed by atoms with Gasteiger partial charge in [-0.3, -0.25) is 9.36 Å². The predicted molar refractivity (Wildman–Crippen MR) is 103 cm³/mol. The van der Waals surface area contributed by atoms with Gasteiger partial charge >= 0.3 is 5.69 Å². The zero-order chi connectivity index (χ0) is 17.9. The van der Waals surface area contributed by atoms with E-state index in [2.05, 4.69) is 9.88 Å². The van der Waals surface area contributed by atoms with Gasteiger partial charge in [-0.05, 0) is 37.8 Å². The molecule has 1 aliphatic carbocycles. The Morgan fingerprint density at radius 3 is 2.58 bits per heavy atom. The van der Waals surface area contributed by atoms with Gasteiger partial charge in [0.15, 0.2) is 0 Å². The van der Waals surface area contributed by atoms with Gasteiger partial charge in [-0.15, -0.1) is 0 Å². The van der Waals surface area contributed by atoms with E-state index >= 15 is 0 Å². The molecule has 0 radical (unpaired) electrons. The number of fused-ring (bicyclic) bond motifs is 1. The first-order valence-electron chi connectivity index (χ1n) is 10.2. The number of para-hydroxylation sites is 2. The molecule has 2 aliphatic rings. The molecule has 1 aliphatic heterocycles. The van der Waals surface area contributed by atoms with Crippen molar-refractivity contribution in [3.05, 3.63) is 34.7 Å². The molecule has 1 aromatic heterocycles. The maximum atomic E-state index is 12.4. The van der Waals surface area contributed by atoms with Crippen molar-refractivity contribution in [2.24, 2.45) is 5.92 Å². The summed E-state index contributed by atoms with van der Waals surface area (Å²) in [6.45, 7) is 2.86. The summed E-state index contributed by atoms with van der Waals surface area (Å²) in [7, 11) is 0. The van der Waals surface area contributed by atoms with E-state index in [1.165, 1.54) is 19.3 Å². The van der Waals surface area contributed by atoms with Crippen LogP contribution in [0, 0.1) is 5.92 Å². The van der Waals surface area contributed by atoms with E-state index in [0.29, 0.717) is 5.78 Å². The van der Waals surface area contributed by atoms with Crippen LogP contribution < -0.4 is 5.69 Å². The second kappa shape index (κ2) is 7.78. The van der Waals surface area contributed by atoms with Crippen LogP contribution in [-0.4, -0.2) is 39.9 Å². The van der Waals surface area contributed by atoms with Gasteiger partial charge in [-0.1, -0.05) is 31.4 Å². The SMILES string of the molecule is O=C1CCCCCCC1CN1CCC(n2c(=O)[nH]c3ccccc32)CC1. The lowest BCUT2D eigenvalue weighted by Gasteiger charge is -2.34. The highest BCUT2D eigenvalue weighted by Gasteiger charge is 2.27. The Morgan fingerprint density at radius 1 is 0.962 bits per heavy atom. The van der Waals surface area contributed by atoms with Gasteiger partial charge in [0, 0.05) is 38.0 Å². The second-order valence-corrected chi connectivity index (χ2v) is 7.97. The van der Waals surface area contributed by atoms with E-state index < -0.39 is 0 Å². The number of H-pyrrole nitrogens is 1. The Bertz CT molecular complexity index is 814. The minimum Gasteiger partial charge on any atom is -0.306 e. The van der Waals surface area contributed by atoms with Gasteiger partial charge in [-0.2, -0.15) is 0 Å². The molecule has 1 unspecified atom stereocenters. The highest BCUT2D eigenvalue weighted by atomic mass is 16.1. The van der Waals surface area contributed by atoms with Crippen LogP contribution in [0.25, 0.3) is 11.0 Å². The molecule has 5 nitrogen and oxygen atoms in total. The van der Waals surface area contributed by atoms with Crippen LogP contribution in [0.5, 0.6) is 0 Å². The fraction of sp³-hybridized carbons (Fsp3) is 0.619. The second-order valence-electron chi connectivity index (χ2n) is 7.97. The molecule has 1 N–H and O–H groups in total. The molecule has 0 bridgehead atoms. The summed E-state index contributed by atoms with van der Waals surface area (Å²) in [6, 6.07) is 8.18. The summed E-state index contributed by atoms with van der Waals surface area (Å²) in [4.78, 5) is 30.2. The smallest absolute Gasteiger partial charge is 0.306 e. The minimum atomic E-state index is -0.000143. The molecule has 0 amide bonds. The van der Waals surface area contributed by atoms with Crippen molar-refractivity contribution in [1.82, 2.24) is 14.5 Å². The fourth-order valence-corrected chi connectivity index (χ4v) is 4.71. The van der Waals surface area contributed by atoms with Gasteiger partial charge in [-0.25, -0.2) is 4.79 Å². The molecule has 1 atom stereocenters. The molecular formula is C21H29N3O2. The van der Waals surface area contributed by atoms with E-state index in [-0.39, 0.29) is 17.6 Å². The summed E-state index contributed by atoms with van der Waals surface area (Å²) in [5.41, 5.74) is 1.92. The van der Waals surface area contributed by atoms with Crippen LogP contribution in [0.4, 0.5) is 0 Å². The van der Waals surface area contributed by atoms with Gasteiger partial charge in [0.2, 0.25) is 0 Å². The molecule has 0 spiro atoms. The zero-order valence-corrected chi connectivity index (χ0v) is 15.5. The van der Waals surface area contributed by atoms with Gasteiger partial charge in [0.05, 0.1) is 11.0 Å². The Hall–Kier alpha value is -1.88. The Morgan fingerprint density at radius 2 is 1.73 bits per heavy atom. The molecule has 2 aromatic rings. The van der Waals surface area contributed by atoms with Gasteiger partial charge < -0.3 is 9.88 Å². The average Bonchev–Trinajstić information content (AvgIpc) is 2.98. The van der Waals surface area contributed by atoms with E-state index in [1.807, 2.05) is 28.8 Å². The number of carbonyl (C=O) groups is 1. The van der Waals surface area contributed by atoms with Crippen LogP contribution in [0.1, 0.15) is 57.4 Å². The van der Waals surface area contributed by atoms with Crippen LogP contribution in [0.15, 0.2) is 29.1 Å². The van der Waals surface area contributed by atoms with Crippen LogP contribution in [0.2, 0.25) is 0 Å². The van der Waals surface area contributed by atoms with Crippen molar-refractivity contribution in [3.63, 3.8) is 0 Å². The third kappa shape index (κ3) is 3.63. The molecule has 140 valence electrons. The van der Waals surface area contributed by atoms with Crippen molar-refractivity contribution >= 4 is 16.8 Å². The summed E-state index contributed by atoms with van der Waals surface area (Å²) < 4.78 is 1.94. The maximum Gasteiger partial charge on any atom is 0.326 e. The first-order chi connectivity index (χ1) is 12.7. The number of aromatic amines is 1. The van der Waals surface area contributed by atoms with Crippen molar-refractivity contribution in [2.75, 3.05) is 19.6 Å². The number of ketones is 1. The minimum absolute atomic E-state index is 0.000143. The lowest BCUT2D eigenvalue weighted by Crippen LogP contribution is -2.41. The largest absolute Gasteiger partial charge is 0.326 e. The number of nitrogens with one attached hydrogen (secondary N) is 1. The molecule has 1 aromatic carbocycles. The Balaban J connectivity index is 1.40. The summed E-state index contributed by atoms with van der Waals surface area (Å²) >= 11 is 0. The number of carbonyl (C=O) groups excluding carboxylic acids is 1. The molecule has 1 saturated carbocycles. The topological polar surface area (TPSA) is 58.1 Å². The number of hydrogen-bond donors (Lipinski definition) is 1. The predicted octanol–water partition coefficient (Wildman–Crippen LogP) is 3.51. The zero-order valence-electron chi connectivity index (χ0n) is 15.5. The van der Waals surface area contributed by atoms with Crippen LogP contribution >= 0.6 is 0 Å². The van der Waals surface area contributed by atoms with Crippen molar-refractivity contribution in [3.8, 4) is 0 Å². The monoisotopic (exact) mass is 355 g/mol. The number of hydrogen-bond acceptors (Lipinski definition) is 3. The van der Waals surface area contributed by atoms with Crippen molar-refractivity contribution in [1.29, 1.82) is 0 Å². The molecule has 1 saturated heterocycles. The average molecular weight is 355 g/mol. The number of likely N-dealkylation sites (tertiary alicyclic amines) is 1. The Kier molecular flexibility index (Phi) is 5.25. The van der Waals surface area contributed by atoms with Crippen LogP contribution in [0.3, 0.4) is 0 Å². The highest BCUT2D eigenvalue weighted by Crippen LogP contribution is 2.27. The normalized spacial score (nSPS) is 23.8. The van der Waals surface area contributed by atoms with Gasteiger partial charge in [0.25, 0.3) is 0 Å². The third-order valence-electron chi connectivity index (χ3n) is 6.21. The molecule has 2 fully saturated rings. The number of Topliss-reactive ketones (excluding diaryl/α,β-unsaturated/α-hetero) is 1. The lowest BCUT2D eigenvalue weighted by atomic mass is 9.89. The fourth-order valence-electron chi connectivity index (χ4n) is 4.71. The van der Waals surface area contributed by atoms with E-state index in [9.17, 15) is 9.59 Å². The quantitative estimate of drug-likeness (QED) is 0.917. The summed E-state index contributed by atoms with van der Waals surface area (Å²) in [6.07, 6.45) is 8.52. The number of benzene rings is 1. The van der Waals surface area contributed by atoms with E-state index in [4.69, 9.17) is 0 Å². The number of rotatable bonds is 3. The lowest BCUT2D eigenvalue weighted by molar-refractivity contribution is -0.124. The number of imidazole rings is 1. The third-order valence-corrected chi connectivity index (χ3v) is 6.21. The standard InChI is InChI=1S/C21H29N3O2/c25-20-10-4-2-1-3-7-16(20)15-23-13-11-17(12-14-23)24-19-9-6-5-8-18(19)22-21(24)26/h5-6,8-9,16-17H,1-4,7,10-15H2,(H,22,26). The first kappa shape index (κ1) is 17.5. The summed E-state index contributed by atoms with van der Waals surface area (Å²) in [5.74, 6) is 0.697. The summed E-state index contributed by atoms with van der Waals surface area (Å²) in [5, 5.41) is 0. The van der Waals surface area contributed by atoms with E-state index in [0.717, 1.165) is 62.8 Å². The van der Waals surface area contributed by atoms with Crippen molar-refractivity contribution < 1.29 is 4.79 Å². The maximum absolute atomic E-state index is 12.4. The number of aromatic nitrogens is 2. The first-order valence-corrected chi connectivity index (χ1v) is 10.2. The van der Waals surface area contributed by atoms with Gasteiger partial charge in [0.1, 0.15) is 5.78 Å². The van der Waals surface area contributed by atoms with Crippen molar-refractivity contribution in [2.45, 2.75) is 57.4 Å². The highest BCUT2D eigenvalue weighted by molar-refractivity contribution is 5.81. The molecule has 5 heteroatoms. The number of nitrogens with zero attached hydrogens (tertiary/aromatic N) is 2. The molecule has 2 heterocycles. The molecule has 26 heavy (non-hydrogen) atoms. The molecule has 4 rings (SSSR count). The number of piperidine rings is 1. The van der Waals surface area contributed by atoms with E-state index in [1.54, 1.807) is 0 Å². The molecular weight excluding hydrogens is 326 g/mol.